The number of hydrogen-bond donors (Lipinski definition) is 0. The first-order chi connectivity index (χ1) is 4.81. The lowest BCUT2D eigenvalue weighted by atomic mass is 10.4. The molecule has 0 aromatic heterocycles. The van der Waals surface area contributed by atoms with Crippen molar-refractivity contribution in [1.29, 1.82) is 0 Å². The van der Waals surface area contributed by atoms with Crippen molar-refractivity contribution in [3.63, 3.8) is 0 Å². The van der Waals surface area contributed by atoms with Crippen LogP contribution in [-0.4, -0.2) is 0 Å². The summed E-state index contributed by atoms with van der Waals surface area (Å²) in [5, 5.41) is 0.741. The molecule has 0 aromatic rings. The van der Waals surface area contributed by atoms with Crippen molar-refractivity contribution in [2.45, 2.75) is 20.8 Å². The molecule has 0 bridgehead atoms. The third-order valence-electron chi connectivity index (χ3n) is 0.667. The Hall–Kier alpha value is -0.490. The second-order valence-corrected chi connectivity index (χ2v) is 1.70. The fourth-order valence-corrected chi connectivity index (χ4v) is 0.329. The van der Waals surface area contributed by atoms with Gasteiger partial charge in [-0.05, 0) is 13.0 Å². The summed E-state index contributed by atoms with van der Waals surface area (Å²) in [6.45, 7) is 9.38. The molecule has 0 radical (unpaired) electrons. The highest BCUT2D eigenvalue weighted by Crippen LogP contribution is 2.00. The molecule has 0 heterocycles. The highest BCUT2D eigenvalue weighted by molar-refractivity contribution is 6.31. The molecule has 0 atom stereocenters. The predicted molar refractivity (Wildman–Crippen MR) is 50.3 cm³/mol. The summed E-state index contributed by atoms with van der Waals surface area (Å²) in [5.41, 5.74) is 0. The van der Waals surface area contributed by atoms with Gasteiger partial charge in [-0.2, -0.15) is 0 Å². The molecule has 0 unspecified atom stereocenters. The minimum absolute atomic E-state index is 0.741. The Balaban J connectivity index is 0. The van der Waals surface area contributed by atoms with Crippen LogP contribution in [0.5, 0.6) is 0 Å². The summed E-state index contributed by atoms with van der Waals surface area (Å²) in [6, 6.07) is 0. The van der Waals surface area contributed by atoms with Crippen molar-refractivity contribution in [3.05, 3.63) is 35.9 Å². The lowest BCUT2D eigenvalue weighted by molar-refractivity contribution is 1.50. The molecule has 0 rings (SSSR count). The molecule has 0 aliphatic carbocycles. The lowest BCUT2D eigenvalue weighted by Crippen LogP contribution is -1.56. The molecule has 1 heteroatoms. The van der Waals surface area contributed by atoms with Crippen LogP contribution in [0.2, 0.25) is 0 Å². The number of hydrogen-bond acceptors (Lipinski definition) is 0. The minimum Gasteiger partial charge on any atom is -0.0991 e. The van der Waals surface area contributed by atoms with Gasteiger partial charge in [0.15, 0.2) is 0 Å². The van der Waals surface area contributed by atoms with E-state index in [1.165, 1.54) is 0 Å². The van der Waals surface area contributed by atoms with E-state index >= 15 is 0 Å². The van der Waals surface area contributed by atoms with Gasteiger partial charge in [0, 0.05) is 5.03 Å². The van der Waals surface area contributed by atoms with Crippen molar-refractivity contribution >= 4 is 11.6 Å². The molecule has 0 spiro atoms. The highest BCUT2D eigenvalue weighted by atomic mass is 35.5. The molecular formula is C9H15Cl. The van der Waals surface area contributed by atoms with Gasteiger partial charge in [-0.3, -0.25) is 0 Å². The quantitative estimate of drug-likeness (QED) is 0.535. The van der Waals surface area contributed by atoms with Crippen LogP contribution in [-0.2, 0) is 0 Å². The molecule has 0 aromatic carbocycles. The summed E-state index contributed by atoms with van der Waals surface area (Å²) >= 11 is 5.57. The molecular weight excluding hydrogens is 144 g/mol. The molecule has 0 aliphatic heterocycles. The van der Waals surface area contributed by atoms with Crippen LogP contribution in [0.3, 0.4) is 0 Å². The summed E-state index contributed by atoms with van der Waals surface area (Å²) in [6.07, 6.45) is 7.09. The zero-order chi connectivity index (χ0) is 8.41. The second-order valence-electron chi connectivity index (χ2n) is 1.27. The van der Waals surface area contributed by atoms with E-state index in [0.29, 0.717) is 0 Å². The molecule has 0 fully saturated rings. The van der Waals surface area contributed by atoms with Crippen molar-refractivity contribution in [1.82, 2.24) is 0 Å². The van der Waals surface area contributed by atoms with Gasteiger partial charge in [0.2, 0.25) is 0 Å². The Morgan fingerprint density at radius 2 is 1.90 bits per heavy atom. The predicted octanol–water partition coefficient (Wildman–Crippen LogP) is 3.90. The van der Waals surface area contributed by atoms with Crippen LogP contribution in [0, 0.1) is 0 Å². The first kappa shape index (κ1) is 12.2. The Kier molecular flexibility index (Phi) is 13.8. The smallest absolute Gasteiger partial charge is 0.0363 e. The van der Waals surface area contributed by atoms with Crippen molar-refractivity contribution in [2.24, 2.45) is 0 Å². The maximum absolute atomic E-state index is 5.57. The largest absolute Gasteiger partial charge is 0.0991 e. The zero-order valence-corrected chi connectivity index (χ0v) is 7.65. The van der Waals surface area contributed by atoms with Gasteiger partial charge < -0.3 is 0 Å². The summed E-state index contributed by atoms with van der Waals surface area (Å²) in [7, 11) is 0. The first-order valence-corrected chi connectivity index (χ1v) is 3.80. The van der Waals surface area contributed by atoms with E-state index in [4.69, 9.17) is 11.6 Å². The van der Waals surface area contributed by atoms with Crippen LogP contribution in [0.1, 0.15) is 20.8 Å². The molecule has 0 amide bonds. The molecule has 0 aliphatic rings. The average Bonchev–Trinajstić information content (AvgIpc) is 2.04. The maximum Gasteiger partial charge on any atom is 0.0363 e. The van der Waals surface area contributed by atoms with Crippen LogP contribution in [0.25, 0.3) is 0 Å². The van der Waals surface area contributed by atoms with E-state index < -0.39 is 0 Å². The van der Waals surface area contributed by atoms with Crippen LogP contribution in [0.15, 0.2) is 35.9 Å². The van der Waals surface area contributed by atoms with Gasteiger partial charge in [0.05, 0.1) is 0 Å². The van der Waals surface area contributed by atoms with E-state index in [1.54, 1.807) is 18.2 Å². The van der Waals surface area contributed by atoms with Gasteiger partial charge in [0.1, 0.15) is 0 Å². The van der Waals surface area contributed by atoms with Gasteiger partial charge in [-0.25, -0.2) is 0 Å². The first-order valence-electron chi connectivity index (χ1n) is 3.42. The summed E-state index contributed by atoms with van der Waals surface area (Å²) < 4.78 is 0. The lowest BCUT2D eigenvalue weighted by Gasteiger charge is -1.79. The third kappa shape index (κ3) is 10.5. The molecule has 0 saturated carbocycles. The monoisotopic (exact) mass is 158 g/mol. The molecule has 0 saturated heterocycles. The van der Waals surface area contributed by atoms with E-state index in [9.17, 15) is 0 Å². The topological polar surface area (TPSA) is 0 Å². The molecule has 10 heavy (non-hydrogen) atoms. The highest BCUT2D eigenvalue weighted by Gasteiger charge is 1.74. The van der Waals surface area contributed by atoms with E-state index in [0.717, 1.165) is 5.03 Å². The van der Waals surface area contributed by atoms with Crippen LogP contribution in [0.4, 0.5) is 0 Å². The van der Waals surface area contributed by atoms with E-state index in [-0.39, 0.29) is 0 Å². The Labute approximate surface area is 68.9 Å². The van der Waals surface area contributed by atoms with Crippen molar-refractivity contribution < 1.29 is 0 Å². The van der Waals surface area contributed by atoms with Gasteiger partial charge in [0.25, 0.3) is 0 Å². The normalized spacial score (nSPS) is 10.6. The summed E-state index contributed by atoms with van der Waals surface area (Å²) in [5.74, 6) is 0. The molecule has 58 valence electrons. The minimum atomic E-state index is 0.741. The average molecular weight is 159 g/mol. The fourth-order valence-electron chi connectivity index (χ4n) is 0.256. The zero-order valence-electron chi connectivity index (χ0n) is 6.89. The van der Waals surface area contributed by atoms with Gasteiger partial charge in [-0.15, -0.1) is 0 Å². The fraction of sp³-hybridized carbons (Fsp3) is 0.333. The Morgan fingerprint density at radius 3 is 2.20 bits per heavy atom. The van der Waals surface area contributed by atoms with Crippen molar-refractivity contribution in [3.8, 4) is 0 Å². The van der Waals surface area contributed by atoms with E-state index in [1.807, 2.05) is 26.8 Å². The standard InChI is InChI=1S/C7H9Cl.C2H6/c1-3-5-6-7(8)4-2;1-2/h3-6H,1H2,2H3;1-2H3/b6-5-,7-4+;. The number of rotatable bonds is 2. The van der Waals surface area contributed by atoms with Crippen LogP contribution < -0.4 is 0 Å². The van der Waals surface area contributed by atoms with Gasteiger partial charge >= 0.3 is 0 Å². The van der Waals surface area contributed by atoms with Crippen molar-refractivity contribution in [2.75, 3.05) is 0 Å². The third-order valence-corrected chi connectivity index (χ3v) is 1.01. The van der Waals surface area contributed by atoms with Gasteiger partial charge in [-0.1, -0.05) is 50.3 Å². The Bertz CT molecular complexity index is 121. The van der Waals surface area contributed by atoms with E-state index in [2.05, 4.69) is 6.58 Å². The second kappa shape index (κ2) is 11.3. The molecule has 0 nitrogen and oxygen atoms in total. The number of allylic oxidation sites excluding steroid dienone is 5. The number of halogens is 1. The maximum atomic E-state index is 5.57. The SMILES string of the molecule is C=C/C=C\C(Cl)=C/C.CC. The summed E-state index contributed by atoms with van der Waals surface area (Å²) in [4.78, 5) is 0. The van der Waals surface area contributed by atoms with Crippen LogP contribution >= 0.6 is 11.6 Å². The Morgan fingerprint density at radius 1 is 1.40 bits per heavy atom. The molecule has 0 N–H and O–H groups in total.